The predicted molar refractivity (Wildman–Crippen MR) is 99.6 cm³/mol. The fourth-order valence-corrected chi connectivity index (χ4v) is 3.50. The van der Waals surface area contributed by atoms with Gasteiger partial charge in [-0.05, 0) is 49.2 Å². The molecule has 1 N–H and O–H groups in total. The largest absolute Gasteiger partial charge is 0.305 e. The summed E-state index contributed by atoms with van der Waals surface area (Å²) in [6, 6.07) is 11.3. The quantitative estimate of drug-likeness (QED) is 0.785. The second-order valence-electron chi connectivity index (χ2n) is 6.66. The predicted octanol–water partition coefficient (Wildman–Crippen LogP) is 2.61. The van der Waals surface area contributed by atoms with Crippen molar-refractivity contribution in [2.45, 2.75) is 25.3 Å². The van der Waals surface area contributed by atoms with Crippen molar-refractivity contribution in [1.29, 1.82) is 0 Å². The summed E-state index contributed by atoms with van der Waals surface area (Å²) in [7, 11) is 0. The zero-order chi connectivity index (χ0) is 17.8. The summed E-state index contributed by atoms with van der Waals surface area (Å²) < 4.78 is 0. The van der Waals surface area contributed by atoms with Gasteiger partial charge in [-0.15, -0.1) is 0 Å². The third kappa shape index (κ3) is 3.86. The van der Waals surface area contributed by atoms with E-state index in [1.165, 1.54) is 5.56 Å². The van der Waals surface area contributed by atoms with Crippen molar-refractivity contribution < 1.29 is 0 Å². The number of aromatic nitrogens is 4. The Morgan fingerprint density at radius 3 is 2.85 bits per heavy atom. The van der Waals surface area contributed by atoms with Crippen LogP contribution < -0.4 is 5.56 Å². The summed E-state index contributed by atoms with van der Waals surface area (Å²) in [5.74, 6) is 0.801. The Hall–Kier alpha value is -2.86. The van der Waals surface area contributed by atoms with E-state index in [2.05, 4.69) is 19.9 Å². The van der Waals surface area contributed by atoms with Gasteiger partial charge in [0.25, 0.3) is 5.56 Å². The highest BCUT2D eigenvalue weighted by Gasteiger charge is 2.23. The van der Waals surface area contributed by atoms with E-state index in [4.69, 9.17) is 4.98 Å². The standard InChI is InChI=1S/C20H21N5O/c26-19-12-18(23-20(24-19)17-5-1-2-8-22-17)16-4-3-11-25(14-16)13-15-6-9-21-10-7-15/h1-2,5-10,12,16H,3-4,11,13-14H2,(H,23,24,26)/t16-/m1/s1. The van der Waals surface area contributed by atoms with Gasteiger partial charge in [-0.3, -0.25) is 19.7 Å². The molecule has 1 saturated heterocycles. The van der Waals surface area contributed by atoms with Crippen molar-refractivity contribution in [3.05, 3.63) is 76.6 Å². The van der Waals surface area contributed by atoms with Crippen molar-refractivity contribution in [3.8, 4) is 11.5 Å². The maximum absolute atomic E-state index is 12.2. The molecule has 1 atom stereocenters. The number of piperidine rings is 1. The minimum atomic E-state index is -0.123. The maximum Gasteiger partial charge on any atom is 0.251 e. The van der Waals surface area contributed by atoms with E-state index in [0.717, 1.165) is 38.2 Å². The number of nitrogens with one attached hydrogen (secondary N) is 1. The highest BCUT2D eigenvalue weighted by Crippen LogP contribution is 2.26. The maximum atomic E-state index is 12.2. The van der Waals surface area contributed by atoms with Gasteiger partial charge in [0.05, 0.1) is 5.69 Å². The number of H-pyrrole nitrogens is 1. The smallest absolute Gasteiger partial charge is 0.251 e. The van der Waals surface area contributed by atoms with Crippen LogP contribution in [0.15, 0.2) is 59.8 Å². The van der Waals surface area contributed by atoms with E-state index < -0.39 is 0 Å². The van der Waals surface area contributed by atoms with Crippen LogP contribution in [0.2, 0.25) is 0 Å². The lowest BCUT2D eigenvalue weighted by molar-refractivity contribution is 0.198. The zero-order valence-electron chi connectivity index (χ0n) is 14.5. The summed E-state index contributed by atoms with van der Waals surface area (Å²) in [4.78, 5) is 30.5. The Bertz CT molecular complexity index is 910. The molecule has 3 aromatic heterocycles. The molecular formula is C20H21N5O. The Labute approximate surface area is 152 Å². The van der Waals surface area contributed by atoms with E-state index in [1.807, 2.05) is 42.7 Å². The SMILES string of the molecule is O=c1cc([C@@H]2CCCN(Cc3ccncc3)C2)nc(-c2ccccn2)[nH]1. The molecule has 0 aromatic carbocycles. The van der Waals surface area contributed by atoms with Gasteiger partial charge in [-0.2, -0.15) is 0 Å². The average molecular weight is 347 g/mol. The van der Waals surface area contributed by atoms with Crippen LogP contribution in [0.25, 0.3) is 11.5 Å². The van der Waals surface area contributed by atoms with Gasteiger partial charge in [-0.25, -0.2) is 4.98 Å². The van der Waals surface area contributed by atoms with Crippen LogP contribution in [-0.2, 0) is 6.54 Å². The van der Waals surface area contributed by atoms with E-state index >= 15 is 0 Å². The third-order valence-corrected chi connectivity index (χ3v) is 4.75. The molecular weight excluding hydrogens is 326 g/mol. The highest BCUT2D eigenvalue weighted by atomic mass is 16.1. The van der Waals surface area contributed by atoms with Gasteiger partial charge in [0.2, 0.25) is 0 Å². The lowest BCUT2D eigenvalue weighted by Crippen LogP contribution is -2.34. The van der Waals surface area contributed by atoms with Crippen LogP contribution in [0.4, 0.5) is 0 Å². The molecule has 1 aliphatic heterocycles. The number of likely N-dealkylation sites (tertiary alicyclic amines) is 1. The zero-order valence-corrected chi connectivity index (χ0v) is 14.5. The molecule has 132 valence electrons. The average Bonchev–Trinajstić information content (AvgIpc) is 2.69. The van der Waals surface area contributed by atoms with Crippen LogP contribution in [0, 0.1) is 0 Å². The van der Waals surface area contributed by atoms with Crippen molar-refractivity contribution in [2.24, 2.45) is 0 Å². The summed E-state index contributed by atoms with van der Waals surface area (Å²) >= 11 is 0. The Kier molecular flexibility index (Phi) is 4.84. The van der Waals surface area contributed by atoms with Gasteiger partial charge >= 0.3 is 0 Å². The van der Waals surface area contributed by atoms with E-state index in [0.29, 0.717) is 11.5 Å². The van der Waals surface area contributed by atoms with Crippen molar-refractivity contribution in [1.82, 2.24) is 24.8 Å². The number of aromatic amines is 1. The summed E-state index contributed by atoms with van der Waals surface area (Å²) in [6.07, 6.45) is 7.51. The van der Waals surface area contributed by atoms with E-state index in [9.17, 15) is 4.79 Å². The van der Waals surface area contributed by atoms with Crippen LogP contribution in [-0.4, -0.2) is 37.9 Å². The molecule has 3 aromatic rings. The molecule has 1 aliphatic rings. The Morgan fingerprint density at radius 1 is 1.15 bits per heavy atom. The minimum absolute atomic E-state index is 0.123. The molecule has 1 fully saturated rings. The molecule has 6 heteroatoms. The Morgan fingerprint density at radius 2 is 2.04 bits per heavy atom. The van der Waals surface area contributed by atoms with Crippen molar-refractivity contribution >= 4 is 0 Å². The molecule has 4 rings (SSSR count). The summed E-state index contributed by atoms with van der Waals surface area (Å²) in [5, 5.41) is 0. The first kappa shape index (κ1) is 16.6. The Balaban J connectivity index is 1.55. The molecule has 0 unspecified atom stereocenters. The normalized spacial score (nSPS) is 17.9. The van der Waals surface area contributed by atoms with Crippen LogP contribution in [0.3, 0.4) is 0 Å². The van der Waals surface area contributed by atoms with Gasteiger partial charge in [0, 0.05) is 43.7 Å². The first-order valence-electron chi connectivity index (χ1n) is 8.92. The topological polar surface area (TPSA) is 74.8 Å². The second-order valence-corrected chi connectivity index (χ2v) is 6.66. The van der Waals surface area contributed by atoms with Gasteiger partial charge < -0.3 is 4.98 Å². The molecule has 0 bridgehead atoms. The fourth-order valence-electron chi connectivity index (χ4n) is 3.50. The highest BCUT2D eigenvalue weighted by molar-refractivity contribution is 5.48. The molecule has 0 radical (unpaired) electrons. The van der Waals surface area contributed by atoms with Gasteiger partial charge in [0.1, 0.15) is 5.69 Å². The van der Waals surface area contributed by atoms with Crippen LogP contribution in [0.5, 0.6) is 0 Å². The molecule has 0 amide bonds. The van der Waals surface area contributed by atoms with E-state index in [1.54, 1.807) is 12.3 Å². The minimum Gasteiger partial charge on any atom is -0.305 e. The fraction of sp³-hybridized carbons (Fsp3) is 0.300. The lowest BCUT2D eigenvalue weighted by Gasteiger charge is -2.32. The molecule has 0 saturated carbocycles. The van der Waals surface area contributed by atoms with Crippen LogP contribution >= 0.6 is 0 Å². The van der Waals surface area contributed by atoms with Gasteiger partial charge in [0.15, 0.2) is 5.82 Å². The van der Waals surface area contributed by atoms with Crippen LogP contribution in [0.1, 0.15) is 30.0 Å². The van der Waals surface area contributed by atoms with Gasteiger partial charge in [-0.1, -0.05) is 6.07 Å². The lowest BCUT2D eigenvalue weighted by atomic mass is 9.94. The first-order chi connectivity index (χ1) is 12.8. The molecule has 26 heavy (non-hydrogen) atoms. The summed E-state index contributed by atoms with van der Waals surface area (Å²) in [5.41, 5.74) is 2.68. The first-order valence-corrected chi connectivity index (χ1v) is 8.92. The number of nitrogens with zero attached hydrogens (tertiary/aromatic N) is 4. The molecule has 4 heterocycles. The van der Waals surface area contributed by atoms with E-state index in [-0.39, 0.29) is 11.5 Å². The number of hydrogen-bond donors (Lipinski definition) is 1. The molecule has 0 spiro atoms. The molecule has 6 nitrogen and oxygen atoms in total. The number of rotatable bonds is 4. The number of hydrogen-bond acceptors (Lipinski definition) is 5. The van der Waals surface area contributed by atoms with Crippen molar-refractivity contribution in [3.63, 3.8) is 0 Å². The third-order valence-electron chi connectivity index (χ3n) is 4.75. The summed E-state index contributed by atoms with van der Waals surface area (Å²) in [6.45, 7) is 2.87. The second kappa shape index (κ2) is 7.58. The monoisotopic (exact) mass is 347 g/mol. The molecule has 0 aliphatic carbocycles. The number of pyridine rings is 2. The van der Waals surface area contributed by atoms with Crippen molar-refractivity contribution in [2.75, 3.05) is 13.1 Å².